The first-order valence-electron chi connectivity index (χ1n) is 13.8. The molecular formula is C30H49ClGe. The van der Waals surface area contributed by atoms with Gasteiger partial charge in [-0.25, -0.2) is 0 Å². The van der Waals surface area contributed by atoms with Gasteiger partial charge in [0.15, 0.2) is 0 Å². The molecule has 0 saturated carbocycles. The third-order valence-electron chi connectivity index (χ3n) is 7.22. The number of benzene rings is 1. The molecule has 1 aromatic rings. The molecule has 0 amide bonds. The summed E-state index contributed by atoms with van der Waals surface area (Å²) in [7, 11) is 8.07. The molecule has 0 aliphatic carbocycles. The monoisotopic (exact) mass is 518 g/mol. The fourth-order valence-corrected chi connectivity index (χ4v) is 16.9. The Bertz CT molecular complexity index is 676. The molecule has 0 spiro atoms. The summed E-state index contributed by atoms with van der Waals surface area (Å²) in [5.41, 5.74) is 3.49. The van der Waals surface area contributed by atoms with Crippen LogP contribution in [0.4, 0.5) is 0 Å². The van der Waals surface area contributed by atoms with Crippen LogP contribution in [0.15, 0.2) is 50.3 Å². The third kappa shape index (κ3) is 7.26. The Hall–Kier alpha value is -0.467. The zero-order valence-corrected chi connectivity index (χ0v) is 24.4. The van der Waals surface area contributed by atoms with E-state index in [1.165, 1.54) is 107 Å². The second-order valence-electron chi connectivity index (χ2n) is 9.77. The Kier molecular flexibility index (Phi) is 13.4. The molecular weight excluding hydrogens is 468 g/mol. The van der Waals surface area contributed by atoms with Gasteiger partial charge in [-0.2, -0.15) is 0 Å². The first kappa shape index (κ1) is 27.8. The molecule has 1 aliphatic heterocycles. The fraction of sp³-hybridized carbons (Fsp3) is 0.667. The second-order valence-corrected chi connectivity index (χ2v) is 19.2. The average Bonchev–Trinajstić information content (AvgIpc) is 3.03. The normalized spacial score (nSPS) is 15.8. The third-order valence-corrected chi connectivity index (χ3v) is 18.9. The van der Waals surface area contributed by atoms with E-state index in [4.69, 9.17) is 10.0 Å². The van der Waals surface area contributed by atoms with Crippen molar-refractivity contribution in [3.8, 4) is 0 Å². The Balaban J connectivity index is 2.58. The quantitative estimate of drug-likeness (QED) is 0.142. The van der Waals surface area contributed by atoms with Crippen LogP contribution >= 0.6 is 10.0 Å². The van der Waals surface area contributed by atoms with Crippen molar-refractivity contribution in [2.75, 3.05) is 0 Å². The molecule has 2 heteroatoms. The molecule has 1 heterocycles. The van der Waals surface area contributed by atoms with E-state index in [2.05, 4.69) is 58.0 Å². The van der Waals surface area contributed by atoms with Gasteiger partial charge in [-0.15, -0.1) is 0 Å². The van der Waals surface area contributed by atoms with Crippen molar-refractivity contribution in [1.29, 1.82) is 0 Å². The summed E-state index contributed by atoms with van der Waals surface area (Å²) in [4.78, 5) is 0. The van der Waals surface area contributed by atoms with Crippen LogP contribution in [-0.2, 0) is 0 Å². The van der Waals surface area contributed by atoms with Crippen LogP contribution in [0.5, 0.6) is 0 Å². The van der Waals surface area contributed by atoms with Crippen molar-refractivity contribution in [1.82, 2.24) is 0 Å². The van der Waals surface area contributed by atoms with E-state index in [0.717, 1.165) is 0 Å². The van der Waals surface area contributed by atoms with Crippen molar-refractivity contribution in [2.45, 2.75) is 130 Å². The standard InChI is InChI=1S/C30H49ClGe/c1-5-9-14-22-27-28(23-15-10-6-2)30(25-17-12-8-4)32(31,26-20-18-13-19-21-26)29(27)24-16-11-7-3/h13,18-21H,5-12,14-17,22-25H2,1-4H3. The van der Waals surface area contributed by atoms with Crippen molar-refractivity contribution in [3.05, 3.63) is 50.3 Å². The molecule has 1 aliphatic rings. The second kappa shape index (κ2) is 15.4. The number of rotatable bonds is 17. The van der Waals surface area contributed by atoms with Gasteiger partial charge in [0.05, 0.1) is 0 Å². The van der Waals surface area contributed by atoms with Crippen LogP contribution in [0.1, 0.15) is 130 Å². The van der Waals surface area contributed by atoms with E-state index in [-0.39, 0.29) is 0 Å². The van der Waals surface area contributed by atoms with Crippen molar-refractivity contribution >= 4 is 26.7 Å². The van der Waals surface area contributed by atoms with Gasteiger partial charge >= 0.3 is 207 Å². The molecule has 0 radical (unpaired) electrons. The van der Waals surface area contributed by atoms with Gasteiger partial charge in [0.25, 0.3) is 0 Å². The average molecular weight is 518 g/mol. The van der Waals surface area contributed by atoms with E-state index in [0.29, 0.717) is 0 Å². The van der Waals surface area contributed by atoms with E-state index in [9.17, 15) is 0 Å². The Morgan fingerprint density at radius 1 is 0.531 bits per heavy atom. The molecule has 1 aromatic carbocycles. The molecule has 2 rings (SSSR count). The van der Waals surface area contributed by atoms with Gasteiger partial charge in [0.2, 0.25) is 0 Å². The number of allylic oxidation sites excluding steroid dienone is 4. The SMILES string of the molecule is CCCCCC1=[C](CCCCC)[Ge]([Cl])([c]2ccccc2)[C](CCCCC)=C1CCCCC. The van der Waals surface area contributed by atoms with Gasteiger partial charge in [0.1, 0.15) is 0 Å². The zero-order chi connectivity index (χ0) is 23.2. The van der Waals surface area contributed by atoms with Gasteiger partial charge in [-0.05, 0) is 0 Å². The predicted octanol–water partition coefficient (Wildman–Crippen LogP) is 10.1. The zero-order valence-electron chi connectivity index (χ0n) is 21.6. The molecule has 0 aromatic heterocycles. The molecule has 0 bridgehead atoms. The molecule has 0 saturated heterocycles. The molecule has 0 unspecified atom stereocenters. The number of hydrogen-bond acceptors (Lipinski definition) is 0. The van der Waals surface area contributed by atoms with E-state index in [1.54, 1.807) is 20.0 Å². The summed E-state index contributed by atoms with van der Waals surface area (Å²) in [5, 5.41) is 0. The van der Waals surface area contributed by atoms with Crippen LogP contribution < -0.4 is 4.40 Å². The van der Waals surface area contributed by atoms with E-state index in [1.807, 2.05) is 0 Å². The number of hydrogen-bond donors (Lipinski definition) is 0. The minimum atomic E-state index is -3.01. The van der Waals surface area contributed by atoms with Gasteiger partial charge in [-0.1, -0.05) is 0 Å². The molecule has 0 N–H and O–H groups in total. The van der Waals surface area contributed by atoms with Crippen LogP contribution in [0.25, 0.3) is 0 Å². The summed E-state index contributed by atoms with van der Waals surface area (Å²) < 4.78 is 4.99. The number of unbranched alkanes of at least 4 members (excludes halogenated alkanes) is 8. The molecule has 180 valence electrons. The molecule has 0 nitrogen and oxygen atoms in total. The first-order valence-corrected chi connectivity index (χ1v) is 19.7. The summed E-state index contributed by atoms with van der Waals surface area (Å²) in [6, 6.07) is 11.3. The molecule has 32 heavy (non-hydrogen) atoms. The van der Waals surface area contributed by atoms with E-state index >= 15 is 0 Å². The maximum atomic E-state index is 8.07. The van der Waals surface area contributed by atoms with Crippen molar-refractivity contribution in [2.24, 2.45) is 0 Å². The first-order chi connectivity index (χ1) is 15.6. The number of halogens is 1. The summed E-state index contributed by atoms with van der Waals surface area (Å²) in [6.45, 7) is 9.30. The van der Waals surface area contributed by atoms with Crippen molar-refractivity contribution in [3.63, 3.8) is 0 Å². The Morgan fingerprint density at radius 2 is 0.906 bits per heavy atom. The van der Waals surface area contributed by atoms with Crippen LogP contribution in [0.2, 0.25) is 0 Å². The molecule has 0 atom stereocenters. The minimum absolute atomic E-state index is 1.24. The fourth-order valence-electron chi connectivity index (χ4n) is 5.44. The van der Waals surface area contributed by atoms with Crippen LogP contribution in [0.3, 0.4) is 0 Å². The summed E-state index contributed by atoms with van der Waals surface area (Å²) >= 11 is -3.01. The van der Waals surface area contributed by atoms with Crippen molar-refractivity contribution < 1.29 is 0 Å². The van der Waals surface area contributed by atoms with Gasteiger partial charge in [0, 0.05) is 0 Å². The topological polar surface area (TPSA) is 0 Å². The van der Waals surface area contributed by atoms with Crippen LogP contribution in [-0.4, -0.2) is 12.3 Å². The van der Waals surface area contributed by atoms with Gasteiger partial charge in [-0.3, -0.25) is 0 Å². The Labute approximate surface area is 206 Å². The van der Waals surface area contributed by atoms with Gasteiger partial charge < -0.3 is 0 Å². The van der Waals surface area contributed by atoms with Crippen LogP contribution in [0, 0.1) is 0 Å². The summed E-state index contributed by atoms with van der Waals surface area (Å²) in [5.74, 6) is 0. The maximum absolute atomic E-state index is 8.07. The van der Waals surface area contributed by atoms with E-state index < -0.39 is 12.3 Å². The Morgan fingerprint density at radius 3 is 1.28 bits per heavy atom. The molecule has 0 fully saturated rings. The summed E-state index contributed by atoms with van der Waals surface area (Å²) in [6.07, 6.45) is 20.8. The predicted molar refractivity (Wildman–Crippen MR) is 148 cm³/mol.